The van der Waals surface area contributed by atoms with Crippen molar-refractivity contribution in [2.75, 3.05) is 10.6 Å². The Bertz CT molecular complexity index is 909. The Balaban J connectivity index is 1.60. The Hall–Kier alpha value is -3.94. The first-order chi connectivity index (χ1) is 13.5. The number of nitrogens with one attached hydrogen (secondary N) is 2. The summed E-state index contributed by atoms with van der Waals surface area (Å²) in [5.41, 5.74) is 3.00. The molecule has 0 unspecified atom stereocenters. The van der Waals surface area contributed by atoms with Crippen molar-refractivity contribution >= 4 is 22.7 Å². The van der Waals surface area contributed by atoms with Gasteiger partial charge in [0.25, 0.3) is 11.4 Å². The Morgan fingerprint density at radius 2 is 0.964 bits per heavy atom. The van der Waals surface area contributed by atoms with Crippen molar-refractivity contribution in [2.24, 2.45) is 0 Å². The molecule has 3 aromatic carbocycles. The molecule has 0 atom stereocenters. The van der Waals surface area contributed by atoms with Crippen LogP contribution < -0.4 is 10.6 Å². The predicted molar refractivity (Wildman–Crippen MR) is 107 cm³/mol. The van der Waals surface area contributed by atoms with Gasteiger partial charge in [-0.3, -0.25) is 20.2 Å². The summed E-state index contributed by atoms with van der Waals surface area (Å²) in [5.74, 6) is 0. The number of nitro groups is 2. The van der Waals surface area contributed by atoms with Crippen molar-refractivity contribution in [3.05, 3.63) is 104 Å². The molecule has 3 rings (SSSR count). The normalized spacial score (nSPS) is 10.3. The zero-order valence-electron chi connectivity index (χ0n) is 14.9. The van der Waals surface area contributed by atoms with E-state index >= 15 is 0 Å². The summed E-state index contributed by atoms with van der Waals surface area (Å²) in [4.78, 5) is 21.3. The van der Waals surface area contributed by atoms with Gasteiger partial charge in [-0.2, -0.15) is 0 Å². The third-order valence-electron chi connectivity index (χ3n) is 4.23. The third-order valence-corrected chi connectivity index (χ3v) is 4.23. The number of nitro benzene ring substituents is 2. The Kier molecular flexibility index (Phi) is 5.81. The Labute approximate surface area is 161 Å². The second-order valence-electron chi connectivity index (χ2n) is 6.06. The standard InChI is InChI=1S/C20H18N4O4/c25-23(26)19-7-3-1-5-15(19)13-21-17-9-11-18(12-10-17)22-14-16-6-2-4-8-20(16)24(27)28/h1-12,21-22H,13-14H2. The van der Waals surface area contributed by atoms with Gasteiger partial charge < -0.3 is 10.6 Å². The summed E-state index contributed by atoms with van der Waals surface area (Å²) >= 11 is 0. The minimum atomic E-state index is -0.396. The first-order valence-corrected chi connectivity index (χ1v) is 8.57. The van der Waals surface area contributed by atoms with Crippen LogP contribution >= 0.6 is 0 Å². The lowest BCUT2D eigenvalue weighted by Crippen LogP contribution is -2.04. The van der Waals surface area contributed by atoms with E-state index < -0.39 is 9.85 Å². The van der Waals surface area contributed by atoms with Crippen LogP contribution in [0.4, 0.5) is 22.7 Å². The van der Waals surface area contributed by atoms with Crippen LogP contribution in [-0.2, 0) is 13.1 Å². The minimum absolute atomic E-state index is 0.0812. The Morgan fingerprint density at radius 3 is 1.32 bits per heavy atom. The first-order valence-electron chi connectivity index (χ1n) is 8.57. The summed E-state index contributed by atoms with van der Waals surface area (Å²) in [5, 5.41) is 28.4. The minimum Gasteiger partial charge on any atom is -0.381 e. The third kappa shape index (κ3) is 4.61. The van der Waals surface area contributed by atoms with Crippen molar-refractivity contribution in [3.63, 3.8) is 0 Å². The van der Waals surface area contributed by atoms with E-state index in [1.807, 2.05) is 24.3 Å². The quantitative estimate of drug-likeness (QED) is 0.433. The van der Waals surface area contributed by atoms with Gasteiger partial charge in [0.15, 0.2) is 0 Å². The molecule has 0 aliphatic rings. The average molecular weight is 378 g/mol. The van der Waals surface area contributed by atoms with Crippen molar-refractivity contribution < 1.29 is 9.85 Å². The van der Waals surface area contributed by atoms with E-state index in [-0.39, 0.29) is 11.4 Å². The smallest absolute Gasteiger partial charge is 0.274 e. The lowest BCUT2D eigenvalue weighted by molar-refractivity contribution is -0.385. The van der Waals surface area contributed by atoms with Crippen molar-refractivity contribution in [2.45, 2.75) is 13.1 Å². The molecule has 0 fully saturated rings. The van der Waals surface area contributed by atoms with Crippen molar-refractivity contribution in [3.8, 4) is 0 Å². The van der Waals surface area contributed by atoms with Crippen LogP contribution in [0.2, 0.25) is 0 Å². The Morgan fingerprint density at radius 1 is 0.607 bits per heavy atom. The molecule has 0 bridgehead atoms. The monoisotopic (exact) mass is 378 g/mol. The van der Waals surface area contributed by atoms with E-state index in [2.05, 4.69) is 10.6 Å². The highest BCUT2D eigenvalue weighted by Crippen LogP contribution is 2.22. The molecule has 142 valence electrons. The molecule has 0 saturated carbocycles. The maximum Gasteiger partial charge on any atom is 0.274 e. The van der Waals surface area contributed by atoms with E-state index in [1.165, 1.54) is 12.1 Å². The van der Waals surface area contributed by atoms with Crippen LogP contribution in [0.1, 0.15) is 11.1 Å². The van der Waals surface area contributed by atoms with Crippen molar-refractivity contribution in [1.82, 2.24) is 0 Å². The van der Waals surface area contributed by atoms with E-state index in [0.29, 0.717) is 24.2 Å². The molecule has 8 nitrogen and oxygen atoms in total. The van der Waals surface area contributed by atoms with Gasteiger partial charge >= 0.3 is 0 Å². The van der Waals surface area contributed by atoms with E-state index in [0.717, 1.165) is 11.4 Å². The summed E-state index contributed by atoms with van der Waals surface area (Å²) in [6.45, 7) is 0.667. The van der Waals surface area contributed by atoms with Gasteiger partial charge in [0, 0.05) is 47.7 Å². The number of benzene rings is 3. The number of nitrogens with zero attached hydrogens (tertiary/aromatic N) is 2. The fraction of sp³-hybridized carbons (Fsp3) is 0.100. The fourth-order valence-electron chi connectivity index (χ4n) is 2.78. The highest BCUT2D eigenvalue weighted by molar-refractivity contribution is 5.55. The SMILES string of the molecule is O=[N+]([O-])c1ccccc1CNc1ccc(NCc2ccccc2[N+](=O)[O-])cc1. The molecule has 0 aliphatic heterocycles. The molecule has 0 heterocycles. The zero-order valence-corrected chi connectivity index (χ0v) is 14.9. The van der Waals surface area contributed by atoms with Crippen molar-refractivity contribution in [1.29, 1.82) is 0 Å². The predicted octanol–water partition coefficient (Wildman–Crippen LogP) is 4.73. The van der Waals surface area contributed by atoms with Gasteiger partial charge in [-0.25, -0.2) is 0 Å². The average Bonchev–Trinajstić information content (AvgIpc) is 2.71. The zero-order chi connectivity index (χ0) is 19.9. The second-order valence-corrected chi connectivity index (χ2v) is 6.06. The number of hydrogen-bond donors (Lipinski definition) is 2. The molecule has 28 heavy (non-hydrogen) atoms. The summed E-state index contributed by atoms with van der Waals surface area (Å²) in [7, 11) is 0. The van der Waals surface area contributed by atoms with Gasteiger partial charge in [0.05, 0.1) is 9.85 Å². The molecule has 8 heteroatoms. The maximum absolute atomic E-state index is 11.1. The summed E-state index contributed by atoms with van der Waals surface area (Å²) < 4.78 is 0. The van der Waals surface area contributed by atoms with Gasteiger partial charge in [-0.05, 0) is 24.3 Å². The molecule has 3 aromatic rings. The van der Waals surface area contributed by atoms with Gasteiger partial charge in [-0.1, -0.05) is 36.4 Å². The van der Waals surface area contributed by atoms with Crippen LogP contribution in [0, 0.1) is 20.2 Å². The van der Waals surface area contributed by atoms with Crippen LogP contribution in [0.5, 0.6) is 0 Å². The topological polar surface area (TPSA) is 110 Å². The summed E-state index contributed by atoms with van der Waals surface area (Å²) in [6, 6.07) is 20.6. The van der Waals surface area contributed by atoms with Crippen LogP contribution in [0.25, 0.3) is 0 Å². The molecular formula is C20H18N4O4. The van der Waals surface area contributed by atoms with Gasteiger partial charge in [0.1, 0.15) is 0 Å². The molecule has 0 spiro atoms. The largest absolute Gasteiger partial charge is 0.381 e. The number of anilines is 2. The van der Waals surface area contributed by atoms with Gasteiger partial charge in [0.2, 0.25) is 0 Å². The highest BCUT2D eigenvalue weighted by atomic mass is 16.6. The number of hydrogen-bond acceptors (Lipinski definition) is 6. The van der Waals surface area contributed by atoms with Crippen LogP contribution in [-0.4, -0.2) is 9.85 Å². The second kappa shape index (κ2) is 8.63. The molecule has 2 N–H and O–H groups in total. The van der Waals surface area contributed by atoms with E-state index in [1.54, 1.807) is 36.4 Å². The lowest BCUT2D eigenvalue weighted by atomic mass is 10.1. The number of para-hydroxylation sites is 2. The molecule has 0 amide bonds. The lowest BCUT2D eigenvalue weighted by Gasteiger charge is -2.10. The van der Waals surface area contributed by atoms with E-state index in [9.17, 15) is 20.2 Å². The van der Waals surface area contributed by atoms with E-state index in [4.69, 9.17) is 0 Å². The maximum atomic E-state index is 11.1. The number of rotatable bonds is 8. The van der Waals surface area contributed by atoms with Crippen LogP contribution in [0.15, 0.2) is 72.8 Å². The molecular weight excluding hydrogens is 360 g/mol. The molecule has 0 radical (unpaired) electrons. The molecule has 0 aromatic heterocycles. The fourth-order valence-corrected chi connectivity index (χ4v) is 2.78. The van der Waals surface area contributed by atoms with Crippen LogP contribution in [0.3, 0.4) is 0 Å². The highest BCUT2D eigenvalue weighted by Gasteiger charge is 2.12. The van der Waals surface area contributed by atoms with Gasteiger partial charge in [-0.15, -0.1) is 0 Å². The summed E-state index contributed by atoms with van der Waals surface area (Å²) in [6.07, 6.45) is 0. The first kappa shape index (κ1) is 18.8. The molecule has 0 saturated heterocycles. The molecule has 0 aliphatic carbocycles.